The van der Waals surface area contributed by atoms with E-state index in [4.69, 9.17) is 10.2 Å². The Kier molecular flexibility index (Phi) is 4.22. The predicted molar refractivity (Wildman–Crippen MR) is 46.8 cm³/mol. The number of aliphatic hydroxyl groups is 2. The van der Waals surface area contributed by atoms with Crippen molar-refractivity contribution in [1.82, 2.24) is 5.32 Å². The highest BCUT2D eigenvalue weighted by molar-refractivity contribution is 8.00. The Balaban J connectivity index is 2.08. The smallest absolute Gasteiger partial charge is 0.0585 e. The van der Waals surface area contributed by atoms with Crippen molar-refractivity contribution in [3.63, 3.8) is 0 Å². The van der Waals surface area contributed by atoms with Gasteiger partial charge < -0.3 is 15.5 Å². The Morgan fingerprint density at radius 3 is 2.55 bits per heavy atom. The third kappa shape index (κ3) is 2.99. The predicted octanol–water partition coefficient (Wildman–Crippen LogP) is -0.565. The summed E-state index contributed by atoms with van der Waals surface area (Å²) in [5, 5.41) is 20.7. The normalized spacial score (nSPS) is 21.3. The van der Waals surface area contributed by atoms with Gasteiger partial charge in [0.05, 0.1) is 6.61 Å². The fourth-order valence-electron chi connectivity index (χ4n) is 1.05. The number of hydrogen-bond acceptors (Lipinski definition) is 4. The number of nitrogens with one attached hydrogen (secondary N) is 1. The third-order valence-corrected chi connectivity index (χ3v) is 3.08. The van der Waals surface area contributed by atoms with Crippen molar-refractivity contribution in [1.29, 1.82) is 0 Å². The molecule has 0 unspecified atom stereocenters. The van der Waals surface area contributed by atoms with Gasteiger partial charge in [0.2, 0.25) is 0 Å². The van der Waals surface area contributed by atoms with Crippen LogP contribution in [-0.4, -0.2) is 47.0 Å². The van der Waals surface area contributed by atoms with Crippen LogP contribution in [0.2, 0.25) is 0 Å². The molecule has 66 valence electrons. The van der Waals surface area contributed by atoms with E-state index in [2.05, 4.69) is 5.32 Å². The molecule has 0 radical (unpaired) electrons. The van der Waals surface area contributed by atoms with Gasteiger partial charge in [-0.3, -0.25) is 0 Å². The van der Waals surface area contributed by atoms with E-state index in [-0.39, 0.29) is 19.3 Å². The van der Waals surface area contributed by atoms with Gasteiger partial charge in [-0.25, -0.2) is 0 Å². The Hall–Kier alpha value is 0.230. The topological polar surface area (TPSA) is 52.5 Å². The maximum atomic E-state index is 8.85. The lowest BCUT2D eigenvalue weighted by Gasteiger charge is -2.30. The van der Waals surface area contributed by atoms with Gasteiger partial charge in [-0.15, -0.1) is 0 Å². The molecule has 11 heavy (non-hydrogen) atoms. The SMILES string of the molecule is OCC[C@@H](CO)NC1CSC1. The Labute approximate surface area is 71.2 Å². The molecule has 1 aliphatic rings. The first kappa shape index (κ1) is 9.32. The fourth-order valence-corrected chi connectivity index (χ4v) is 1.71. The molecule has 0 amide bonds. The van der Waals surface area contributed by atoms with Gasteiger partial charge in [-0.2, -0.15) is 11.8 Å². The molecule has 0 spiro atoms. The van der Waals surface area contributed by atoms with Crippen LogP contribution in [0.25, 0.3) is 0 Å². The van der Waals surface area contributed by atoms with Gasteiger partial charge in [-0.05, 0) is 6.42 Å². The minimum absolute atomic E-state index is 0.0888. The van der Waals surface area contributed by atoms with Crippen LogP contribution in [0.4, 0.5) is 0 Å². The van der Waals surface area contributed by atoms with E-state index in [1.165, 1.54) is 0 Å². The monoisotopic (exact) mass is 177 g/mol. The average Bonchev–Trinajstić information content (AvgIpc) is 1.94. The highest BCUT2D eigenvalue weighted by atomic mass is 32.2. The van der Waals surface area contributed by atoms with Crippen LogP contribution in [0.3, 0.4) is 0 Å². The second-order valence-electron chi connectivity index (χ2n) is 2.79. The number of rotatable bonds is 5. The summed E-state index contributed by atoms with van der Waals surface area (Å²) >= 11 is 1.91. The summed E-state index contributed by atoms with van der Waals surface area (Å²) in [6.45, 7) is 0.278. The second kappa shape index (κ2) is 4.98. The standard InChI is InChI=1S/C7H15NO2S/c9-2-1-6(3-10)8-7-4-11-5-7/h6-10H,1-5H2/t6-/m0/s1. The molecular weight excluding hydrogens is 162 g/mol. The molecule has 3 nitrogen and oxygen atoms in total. The van der Waals surface area contributed by atoms with E-state index in [1.807, 2.05) is 11.8 Å². The van der Waals surface area contributed by atoms with Crippen LogP contribution < -0.4 is 5.32 Å². The van der Waals surface area contributed by atoms with E-state index < -0.39 is 0 Å². The zero-order valence-electron chi connectivity index (χ0n) is 6.49. The highest BCUT2D eigenvalue weighted by Crippen LogP contribution is 2.17. The summed E-state index contributed by atoms with van der Waals surface area (Å²) in [4.78, 5) is 0. The maximum absolute atomic E-state index is 8.85. The fraction of sp³-hybridized carbons (Fsp3) is 1.00. The summed E-state index contributed by atoms with van der Waals surface area (Å²) in [6.07, 6.45) is 0.650. The van der Waals surface area contributed by atoms with Crippen LogP contribution in [-0.2, 0) is 0 Å². The summed E-state index contributed by atoms with van der Waals surface area (Å²) in [5.41, 5.74) is 0. The van der Waals surface area contributed by atoms with E-state index in [0.717, 1.165) is 11.5 Å². The highest BCUT2D eigenvalue weighted by Gasteiger charge is 2.20. The third-order valence-electron chi connectivity index (χ3n) is 1.81. The lowest BCUT2D eigenvalue weighted by molar-refractivity contribution is 0.195. The molecule has 1 saturated heterocycles. The van der Waals surface area contributed by atoms with Crippen LogP contribution in [0.1, 0.15) is 6.42 Å². The molecular formula is C7H15NO2S. The molecule has 1 heterocycles. The number of thioether (sulfide) groups is 1. The zero-order valence-corrected chi connectivity index (χ0v) is 7.31. The minimum atomic E-state index is 0.0888. The Bertz CT molecular complexity index is 109. The molecule has 1 atom stereocenters. The van der Waals surface area contributed by atoms with Crippen molar-refractivity contribution >= 4 is 11.8 Å². The number of hydrogen-bond donors (Lipinski definition) is 3. The number of aliphatic hydroxyl groups excluding tert-OH is 2. The molecule has 3 N–H and O–H groups in total. The van der Waals surface area contributed by atoms with Gasteiger partial charge in [0.15, 0.2) is 0 Å². The summed E-state index contributed by atoms with van der Waals surface area (Å²) < 4.78 is 0. The van der Waals surface area contributed by atoms with Crippen molar-refractivity contribution in [3.8, 4) is 0 Å². The maximum Gasteiger partial charge on any atom is 0.0585 e. The molecule has 1 aliphatic heterocycles. The summed E-state index contributed by atoms with van der Waals surface area (Å²) in [5.74, 6) is 2.28. The van der Waals surface area contributed by atoms with Gasteiger partial charge in [0.25, 0.3) is 0 Å². The van der Waals surface area contributed by atoms with Crippen molar-refractivity contribution in [3.05, 3.63) is 0 Å². The van der Waals surface area contributed by atoms with Gasteiger partial charge in [0, 0.05) is 30.2 Å². The molecule has 0 saturated carbocycles. The second-order valence-corrected chi connectivity index (χ2v) is 3.87. The van der Waals surface area contributed by atoms with Gasteiger partial charge >= 0.3 is 0 Å². The lowest BCUT2D eigenvalue weighted by atomic mass is 10.2. The Morgan fingerprint density at radius 1 is 1.45 bits per heavy atom. The molecule has 1 rings (SSSR count). The quantitative estimate of drug-likeness (QED) is 0.526. The van der Waals surface area contributed by atoms with Crippen molar-refractivity contribution in [2.24, 2.45) is 0 Å². The van der Waals surface area contributed by atoms with Crippen molar-refractivity contribution in [2.75, 3.05) is 24.7 Å². The lowest BCUT2D eigenvalue weighted by Crippen LogP contribution is -2.47. The van der Waals surface area contributed by atoms with Gasteiger partial charge in [0.1, 0.15) is 0 Å². The largest absolute Gasteiger partial charge is 0.396 e. The molecule has 4 heteroatoms. The Morgan fingerprint density at radius 2 is 2.18 bits per heavy atom. The first-order valence-electron chi connectivity index (χ1n) is 3.92. The van der Waals surface area contributed by atoms with Crippen LogP contribution in [0.15, 0.2) is 0 Å². The van der Waals surface area contributed by atoms with E-state index in [0.29, 0.717) is 12.5 Å². The van der Waals surface area contributed by atoms with E-state index >= 15 is 0 Å². The zero-order chi connectivity index (χ0) is 8.10. The van der Waals surface area contributed by atoms with Crippen LogP contribution in [0, 0.1) is 0 Å². The summed E-state index contributed by atoms with van der Waals surface area (Å²) in [7, 11) is 0. The minimum Gasteiger partial charge on any atom is -0.396 e. The molecule has 0 aromatic carbocycles. The molecule has 0 aromatic heterocycles. The van der Waals surface area contributed by atoms with E-state index in [1.54, 1.807) is 0 Å². The van der Waals surface area contributed by atoms with E-state index in [9.17, 15) is 0 Å². The molecule has 1 fully saturated rings. The average molecular weight is 177 g/mol. The first-order chi connectivity index (χ1) is 5.36. The van der Waals surface area contributed by atoms with Crippen LogP contribution >= 0.6 is 11.8 Å². The van der Waals surface area contributed by atoms with Gasteiger partial charge in [-0.1, -0.05) is 0 Å². The molecule has 0 aliphatic carbocycles. The van der Waals surface area contributed by atoms with Crippen molar-refractivity contribution < 1.29 is 10.2 Å². The molecule has 0 bridgehead atoms. The van der Waals surface area contributed by atoms with Crippen molar-refractivity contribution in [2.45, 2.75) is 18.5 Å². The molecule has 0 aromatic rings. The first-order valence-corrected chi connectivity index (χ1v) is 5.07. The summed E-state index contributed by atoms with van der Waals surface area (Å²) in [6, 6.07) is 0.648. The van der Waals surface area contributed by atoms with Crippen LogP contribution in [0.5, 0.6) is 0 Å².